The third-order valence-corrected chi connectivity index (χ3v) is 3.77. The summed E-state index contributed by atoms with van der Waals surface area (Å²) in [5, 5.41) is 0. The molecule has 0 atom stereocenters. The number of hydrogen-bond donors (Lipinski definition) is 1. The Bertz CT molecular complexity index is 323. The fourth-order valence-electron chi connectivity index (χ4n) is 1.72. The molecule has 2 rings (SSSR count). The Morgan fingerprint density at radius 1 is 1.40 bits per heavy atom. The number of rotatable bonds is 4. The largest absolute Gasteiger partial charge is 0.343 e. The van der Waals surface area contributed by atoms with Gasteiger partial charge in [-0.15, -0.1) is 11.3 Å². The van der Waals surface area contributed by atoms with Crippen molar-refractivity contribution in [3.63, 3.8) is 0 Å². The molecule has 1 fully saturated rings. The molecule has 1 aliphatic rings. The molecule has 1 aliphatic heterocycles. The van der Waals surface area contributed by atoms with Crippen LogP contribution in [0.2, 0.25) is 4.34 Å². The number of nitrogens with two attached hydrogens (primary N) is 1. The van der Waals surface area contributed by atoms with Gasteiger partial charge < -0.3 is 15.2 Å². The van der Waals surface area contributed by atoms with E-state index in [2.05, 4.69) is 0 Å². The number of hydrogen-bond acceptors (Lipinski definition) is 4. The molecule has 2 N–H and O–H groups in total. The van der Waals surface area contributed by atoms with Gasteiger partial charge in [-0.1, -0.05) is 11.6 Å². The van der Waals surface area contributed by atoms with Crippen LogP contribution in [0, 0.1) is 0 Å². The minimum Gasteiger partial charge on any atom is -0.343 e. The highest BCUT2D eigenvalue weighted by molar-refractivity contribution is 7.16. The van der Waals surface area contributed by atoms with Crippen LogP contribution in [-0.2, 0) is 15.3 Å². The lowest BCUT2D eigenvalue weighted by Gasteiger charge is -2.25. The van der Waals surface area contributed by atoms with Gasteiger partial charge in [0.25, 0.3) is 0 Å². The van der Waals surface area contributed by atoms with Crippen molar-refractivity contribution in [1.82, 2.24) is 0 Å². The highest BCUT2D eigenvalue weighted by Gasteiger charge is 2.39. The average molecular weight is 248 g/mol. The molecule has 0 bridgehead atoms. The summed E-state index contributed by atoms with van der Waals surface area (Å²) in [7, 11) is 0. The second kappa shape index (κ2) is 4.80. The van der Waals surface area contributed by atoms with E-state index in [0.717, 1.165) is 22.1 Å². The third-order valence-electron chi connectivity index (χ3n) is 2.41. The van der Waals surface area contributed by atoms with Crippen molar-refractivity contribution in [3.8, 4) is 0 Å². The summed E-state index contributed by atoms with van der Waals surface area (Å²) < 4.78 is 12.2. The molecule has 0 unspecified atom stereocenters. The molecule has 1 aromatic heterocycles. The zero-order valence-electron chi connectivity index (χ0n) is 8.37. The predicted octanol–water partition coefficient (Wildman–Crippen LogP) is 2.34. The van der Waals surface area contributed by atoms with Gasteiger partial charge in [-0.25, -0.2) is 0 Å². The van der Waals surface area contributed by atoms with Gasteiger partial charge in [0.2, 0.25) is 5.79 Å². The van der Waals surface area contributed by atoms with Crippen LogP contribution in [0.5, 0.6) is 0 Å². The zero-order valence-corrected chi connectivity index (χ0v) is 9.94. The fraction of sp³-hybridized carbons (Fsp3) is 0.600. The zero-order chi connectivity index (χ0) is 10.7. The Labute approximate surface area is 98.1 Å². The van der Waals surface area contributed by atoms with Crippen LogP contribution in [0.1, 0.15) is 17.7 Å². The molecule has 0 aliphatic carbocycles. The molecule has 0 spiro atoms. The van der Waals surface area contributed by atoms with Gasteiger partial charge in [0, 0.05) is 6.42 Å². The van der Waals surface area contributed by atoms with Crippen LogP contribution in [0.3, 0.4) is 0 Å². The van der Waals surface area contributed by atoms with Crippen molar-refractivity contribution >= 4 is 22.9 Å². The maximum atomic E-state index is 5.92. The van der Waals surface area contributed by atoms with Gasteiger partial charge in [-0.2, -0.15) is 0 Å². The van der Waals surface area contributed by atoms with Crippen LogP contribution in [-0.4, -0.2) is 19.8 Å². The van der Waals surface area contributed by atoms with E-state index >= 15 is 0 Å². The first-order valence-corrected chi connectivity index (χ1v) is 6.20. The fourth-order valence-corrected chi connectivity index (χ4v) is 2.89. The molecule has 0 aromatic carbocycles. The van der Waals surface area contributed by atoms with Gasteiger partial charge in [0.1, 0.15) is 0 Å². The lowest BCUT2D eigenvalue weighted by atomic mass is 10.1. The molecule has 84 valence electrons. The SMILES string of the molecule is NCCCC1(c2ccc(Cl)s2)OCCO1. The Morgan fingerprint density at radius 3 is 2.67 bits per heavy atom. The lowest BCUT2D eigenvalue weighted by Crippen LogP contribution is -2.26. The van der Waals surface area contributed by atoms with E-state index in [4.69, 9.17) is 26.8 Å². The van der Waals surface area contributed by atoms with Crippen LogP contribution in [0.25, 0.3) is 0 Å². The second-order valence-electron chi connectivity index (χ2n) is 3.45. The number of ether oxygens (including phenoxy) is 2. The van der Waals surface area contributed by atoms with Crippen molar-refractivity contribution in [2.45, 2.75) is 18.6 Å². The van der Waals surface area contributed by atoms with Crippen molar-refractivity contribution < 1.29 is 9.47 Å². The minimum absolute atomic E-state index is 0.586. The van der Waals surface area contributed by atoms with E-state index in [0.29, 0.717) is 19.8 Å². The first kappa shape index (κ1) is 11.4. The van der Waals surface area contributed by atoms with E-state index < -0.39 is 5.79 Å². The number of halogens is 1. The predicted molar refractivity (Wildman–Crippen MR) is 61.2 cm³/mol. The first-order valence-electron chi connectivity index (χ1n) is 5.01. The standard InChI is InChI=1S/C10H14ClNO2S/c11-9-3-2-8(15-9)10(4-1-5-12)13-6-7-14-10/h2-3H,1,4-7,12H2. The number of thiophene rings is 1. The summed E-state index contributed by atoms with van der Waals surface area (Å²) in [6.07, 6.45) is 1.68. The highest BCUT2D eigenvalue weighted by atomic mass is 35.5. The summed E-state index contributed by atoms with van der Waals surface area (Å²) in [5.74, 6) is -0.586. The van der Waals surface area contributed by atoms with Crippen molar-refractivity contribution in [2.75, 3.05) is 19.8 Å². The van der Waals surface area contributed by atoms with E-state index in [9.17, 15) is 0 Å². The maximum Gasteiger partial charge on any atom is 0.204 e. The average Bonchev–Trinajstić information content (AvgIpc) is 2.84. The summed E-state index contributed by atoms with van der Waals surface area (Å²) in [5.41, 5.74) is 5.52. The molecular formula is C10H14ClNO2S. The Morgan fingerprint density at radius 2 is 2.13 bits per heavy atom. The molecule has 1 saturated heterocycles. The van der Waals surface area contributed by atoms with E-state index in [1.807, 2.05) is 12.1 Å². The van der Waals surface area contributed by atoms with Crippen molar-refractivity contribution in [2.24, 2.45) is 5.73 Å². The van der Waals surface area contributed by atoms with E-state index in [1.54, 1.807) is 0 Å². The van der Waals surface area contributed by atoms with Crippen molar-refractivity contribution in [3.05, 3.63) is 21.3 Å². The van der Waals surface area contributed by atoms with E-state index in [1.165, 1.54) is 11.3 Å². The summed E-state index contributed by atoms with van der Waals surface area (Å²) in [4.78, 5) is 1.04. The smallest absolute Gasteiger partial charge is 0.204 e. The molecule has 5 heteroatoms. The van der Waals surface area contributed by atoms with E-state index in [-0.39, 0.29) is 0 Å². The third kappa shape index (κ3) is 2.34. The first-order chi connectivity index (χ1) is 7.27. The Hall–Kier alpha value is -0.130. The van der Waals surface area contributed by atoms with Crippen LogP contribution >= 0.6 is 22.9 Å². The maximum absolute atomic E-state index is 5.92. The van der Waals surface area contributed by atoms with Gasteiger partial charge in [-0.05, 0) is 25.1 Å². The summed E-state index contributed by atoms with van der Waals surface area (Å²) in [6, 6.07) is 3.84. The molecule has 0 radical (unpaired) electrons. The monoisotopic (exact) mass is 247 g/mol. The van der Waals surface area contributed by atoms with Gasteiger partial charge in [0.05, 0.1) is 22.4 Å². The van der Waals surface area contributed by atoms with Crippen LogP contribution in [0.4, 0.5) is 0 Å². The summed E-state index contributed by atoms with van der Waals surface area (Å²) in [6.45, 7) is 1.92. The van der Waals surface area contributed by atoms with Crippen molar-refractivity contribution in [1.29, 1.82) is 0 Å². The lowest BCUT2D eigenvalue weighted by molar-refractivity contribution is -0.168. The molecular weight excluding hydrogens is 234 g/mol. The van der Waals surface area contributed by atoms with Gasteiger partial charge >= 0.3 is 0 Å². The molecule has 3 nitrogen and oxygen atoms in total. The molecule has 2 heterocycles. The Balaban J connectivity index is 2.18. The normalized spacial score (nSPS) is 19.6. The van der Waals surface area contributed by atoms with Crippen LogP contribution in [0.15, 0.2) is 12.1 Å². The minimum atomic E-state index is -0.586. The van der Waals surface area contributed by atoms with Gasteiger partial charge in [0.15, 0.2) is 0 Å². The Kier molecular flexibility index (Phi) is 3.64. The molecule has 1 aromatic rings. The van der Waals surface area contributed by atoms with Crippen LogP contribution < -0.4 is 5.73 Å². The highest BCUT2D eigenvalue weighted by Crippen LogP contribution is 2.40. The molecule has 0 saturated carbocycles. The molecule has 15 heavy (non-hydrogen) atoms. The molecule has 0 amide bonds. The quantitative estimate of drug-likeness (QED) is 0.888. The summed E-state index contributed by atoms with van der Waals surface area (Å²) >= 11 is 7.43. The second-order valence-corrected chi connectivity index (χ2v) is 5.16. The van der Waals surface area contributed by atoms with Gasteiger partial charge in [-0.3, -0.25) is 0 Å². The topological polar surface area (TPSA) is 44.5 Å².